The molecule has 6 aliphatic carbocycles. The van der Waals surface area contributed by atoms with Gasteiger partial charge in [0.2, 0.25) is 18.2 Å². The van der Waals surface area contributed by atoms with E-state index in [1.807, 2.05) is 18.8 Å². The van der Waals surface area contributed by atoms with Gasteiger partial charge in [-0.1, -0.05) is 0 Å². The summed E-state index contributed by atoms with van der Waals surface area (Å²) in [6.45, 7) is 0. The number of aliphatic imine (C=N–C) groups is 3. The van der Waals surface area contributed by atoms with E-state index in [0.717, 1.165) is 113 Å². The predicted octanol–water partition coefficient (Wildman–Crippen LogP) is 9.98. The average Bonchev–Trinajstić information content (AvgIpc) is 3.23. The number of nitrogens with zero attached hydrogens (tertiary/aromatic N) is 6. The molecule has 12 nitrogen and oxygen atoms in total. The van der Waals surface area contributed by atoms with Crippen molar-refractivity contribution in [3.05, 3.63) is 0 Å². The van der Waals surface area contributed by atoms with Crippen molar-refractivity contribution in [2.75, 3.05) is 0 Å². The highest BCUT2D eigenvalue weighted by Gasteiger charge is 2.30. The van der Waals surface area contributed by atoms with Crippen LogP contribution >= 0.6 is 0 Å². The monoisotopic (exact) mass is 787 g/mol. The van der Waals surface area contributed by atoms with E-state index in [1.54, 1.807) is 18.2 Å². The van der Waals surface area contributed by atoms with E-state index >= 15 is 0 Å². The van der Waals surface area contributed by atoms with Crippen LogP contribution < -0.4 is 0 Å². The molecule has 0 saturated heterocycles. The van der Waals surface area contributed by atoms with Gasteiger partial charge in [-0.3, -0.25) is 0 Å². The Morgan fingerprint density at radius 1 is 0.333 bits per heavy atom. The van der Waals surface area contributed by atoms with Crippen molar-refractivity contribution in [3.63, 3.8) is 0 Å². The van der Waals surface area contributed by atoms with Gasteiger partial charge in [0.1, 0.15) is 18.3 Å². The first-order valence-electron chi connectivity index (χ1n) is 22.3. The highest BCUT2D eigenvalue weighted by molar-refractivity contribution is 5.34. The Hall–Kier alpha value is -3.99. The first-order valence-corrected chi connectivity index (χ1v) is 22.3. The Morgan fingerprint density at radius 2 is 0.526 bits per heavy atom. The molecule has 0 amide bonds. The standard InChI is InChI=1S/3C15H22N2O2/c3*16-10-19-15-7-3-13(4-8-15)9-12-1-5-14(6-2-12)17-11-18/h3*12-15H,1-9H2. The van der Waals surface area contributed by atoms with Gasteiger partial charge in [0.25, 0.3) is 18.8 Å². The summed E-state index contributed by atoms with van der Waals surface area (Å²) in [4.78, 5) is 42.2. The molecule has 0 aromatic heterocycles. The smallest absolute Gasteiger partial charge is 0.286 e. The molecule has 0 radical (unpaired) electrons. The van der Waals surface area contributed by atoms with Crippen molar-refractivity contribution in [3.8, 4) is 18.8 Å². The van der Waals surface area contributed by atoms with E-state index in [-0.39, 0.29) is 36.4 Å². The molecule has 57 heavy (non-hydrogen) atoms. The fourth-order valence-corrected chi connectivity index (χ4v) is 10.8. The van der Waals surface area contributed by atoms with Gasteiger partial charge in [0.15, 0.2) is 0 Å². The maximum Gasteiger partial charge on any atom is 0.286 e. The fraction of sp³-hybridized carbons (Fsp3) is 0.867. The first-order chi connectivity index (χ1) is 27.9. The van der Waals surface area contributed by atoms with Crippen LogP contribution in [0.4, 0.5) is 0 Å². The van der Waals surface area contributed by atoms with Crippen molar-refractivity contribution in [2.24, 2.45) is 50.5 Å². The van der Waals surface area contributed by atoms with Crippen LogP contribution in [0.3, 0.4) is 0 Å². The van der Waals surface area contributed by atoms with Gasteiger partial charge in [0, 0.05) is 0 Å². The number of rotatable bonds is 12. The Morgan fingerprint density at radius 3 is 0.702 bits per heavy atom. The van der Waals surface area contributed by atoms with E-state index in [9.17, 15) is 14.4 Å². The van der Waals surface area contributed by atoms with Crippen LogP contribution in [0.15, 0.2) is 15.0 Å². The molecule has 12 heteroatoms. The second-order valence-electron chi connectivity index (χ2n) is 17.9. The molecule has 0 N–H and O–H groups in total. The van der Waals surface area contributed by atoms with E-state index in [2.05, 4.69) is 15.0 Å². The minimum atomic E-state index is 0.166. The van der Waals surface area contributed by atoms with Crippen molar-refractivity contribution in [1.29, 1.82) is 15.8 Å². The second kappa shape index (κ2) is 26.8. The van der Waals surface area contributed by atoms with Gasteiger partial charge in [-0.15, -0.1) is 0 Å². The SMILES string of the molecule is N#COC1CCC(CC2CCC(N=C=O)CC2)CC1.N#COC1CCC(CC2CCC(N=C=O)CC2)CC1.N#COC1CCC(CC2CCC(N=C=O)CC2)CC1. The predicted molar refractivity (Wildman–Crippen MR) is 213 cm³/mol. The zero-order chi connectivity index (χ0) is 40.5. The van der Waals surface area contributed by atoms with E-state index in [4.69, 9.17) is 30.0 Å². The number of nitriles is 3. The van der Waals surface area contributed by atoms with Crippen LogP contribution in [0.2, 0.25) is 0 Å². The topological polar surface area (TPSA) is 187 Å². The lowest BCUT2D eigenvalue weighted by Crippen LogP contribution is -2.24. The van der Waals surface area contributed by atoms with Crippen LogP contribution in [0, 0.1) is 70.1 Å². The summed E-state index contributed by atoms with van der Waals surface area (Å²) in [6, 6.07) is 0.690. The molecule has 6 fully saturated rings. The summed E-state index contributed by atoms with van der Waals surface area (Å²) in [6.07, 6.45) is 41.7. The lowest BCUT2D eigenvalue weighted by Gasteiger charge is -2.32. The Balaban J connectivity index is 0.000000189. The largest absolute Gasteiger partial charge is 0.424 e. The zero-order valence-electron chi connectivity index (χ0n) is 34.2. The van der Waals surface area contributed by atoms with Crippen LogP contribution in [-0.2, 0) is 28.6 Å². The molecule has 6 aliphatic rings. The number of hydrogen-bond donors (Lipinski definition) is 0. The van der Waals surface area contributed by atoms with E-state index in [0.29, 0.717) is 0 Å². The maximum atomic E-state index is 10.2. The quantitative estimate of drug-likeness (QED) is 0.105. The molecule has 0 aromatic carbocycles. The average molecular weight is 787 g/mol. The highest BCUT2D eigenvalue weighted by atomic mass is 16.5. The third-order valence-corrected chi connectivity index (χ3v) is 14.2. The van der Waals surface area contributed by atoms with Gasteiger partial charge in [-0.25, -0.2) is 29.4 Å². The molecular formula is C45H66N6O6. The minimum Gasteiger partial charge on any atom is -0.424 e. The maximum absolute atomic E-state index is 10.2. The summed E-state index contributed by atoms with van der Waals surface area (Å²) in [7, 11) is 0. The molecule has 0 aliphatic heterocycles. The molecule has 0 aromatic rings. The highest BCUT2D eigenvalue weighted by Crippen LogP contribution is 2.39. The van der Waals surface area contributed by atoms with Crippen molar-refractivity contribution in [1.82, 2.24) is 0 Å². The molecule has 0 spiro atoms. The molecule has 0 atom stereocenters. The summed E-state index contributed by atoms with van der Waals surface area (Å²) < 4.78 is 15.1. The Labute approximate surface area is 340 Å². The molecule has 312 valence electrons. The molecule has 6 rings (SSSR count). The van der Waals surface area contributed by atoms with Gasteiger partial charge in [-0.05, 0) is 209 Å². The Bertz CT molecular complexity index is 1240. The van der Waals surface area contributed by atoms with E-state index < -0.39 is 0 Å². The van der Waals surface area contributed by atoms with E-state index in [1.165, 1.54) is 96.3 Å². The van der Waals surface area contributed by atoms with Crippen LogP contribution in [0.25, 0.3) is 0 Å². The molecule has 0 heterocycles. The zero-order valence-corrected chi connectivity index (χ0v) is 34.2. The van der Waals surface area contributed by atoms with Crippen molar-refractivity contribution >= 4 is 18.2 Å². The van der Waals surface area contributed by atoms with Crippen molar-refractivity contribution in [2.45, 2.75) is 210 Å². The molecule has 0 unspecified atom stereocenters. The number of isocyanates is 3. The van der Waals surface area contributed by atoms with Crippen LogP contribution in [0.5, 0.6) is 0 Å². The lowest BCUT2D eigenvalue weighted by atomic mass is 9.76. The summed E-state index contributed by atoms with van der Waals surface area (Å²) in [5.41, 5.74) is 0. The third-order valence-electron chi connectivity index (χ3n) is 14.2. The van der Waals surface area contributed by atoms with Gasteiger partial charge in [0.05, 0.1) is 18.1 Å². The fourth-order valence-electron chi connectivity index (χ4n) is 10.8. The van der Waals surface area contributed by atoms with Gasteiger partial charge in [-0.2, -0.15) is 15.8 Å². The minimum absolute atomic E-state index is 0.166. The summed E-state index contributed by atoms with van der Waals surface area (Å²) in [5, 5.41) is 25.5. The van der Waals surface area contributed by atoms with Gasteiger partial charge >= 0.3 is 0 Å². The van der Waals surface area contributed by atoms with Gasteiger partial charge < -0.3 is 14.2 Å². The summed E-state index contributed by atoms with van der Waals surface area (Å²) >= 11 is 0. The number of hydrogen-bond acceptors (Lipinski definition) is 12. The van der Waals surface area contributed by atoms with Crippen molar-refractivity contribution < 1.29 is 28.6 Å². The third kappa shape index (κ3) is 17.6. The number of carbonyl (C=O) groups excluding carboxylic acids is 3. The lowest BCUT2D eigenvalue weighted by molar-refractivity contribution is 0.0914. The normalized spacial score (nSPS) is 34.9. The Kier molecular flexibility index (Phi) is 21.5. The molecule has 6 saturated carbocycles. The second-order valence-corrected chi connectivity index (χ2v) is 17.9. The molecular weight excluding hydrogens is 721 g/mol. The number of ether oxygens (including phenoxy) is 3. The van der Waals surface area contributed by atoms with Crippen LogP contribution in [0.1, 0.15) is 173 Å². The molecule has 0 bridgehead atoms. The first kappa shape index (κ1) is 45.7. The van der Waals surface area contributed by atoms with Crippen LogP contribution in [-0.4, -0.2) is 54.7 Å². The summed E-state index contributed by atoms with van der Waals surface area (Å²) in [5.74, 6) is 4.81.